The molecule has 3 aromatic carbocycles. The van der Waals surface area contributed by atoms with E-state index in [-0.39, 0.29) is 56.9 Å². The maximum absolute atomic E-state index is 15.5. The van der Waals surface area contributed by atoms with Crippen LogP contribution in [0.5, 0.6) is 0 Å². The van der Waals surface area contributed by atoms with Gasteiger partial charge in [-0.1, -0.05) is 56.3 Å². The monoisotopic (exact) mass is 1040 g/mol. The Hall–Kier alpha value is -8.43. The first kappa shape index (κ1) is 52.4. The van der Waals surface area contributed by atoms with Crippen LogP contribution in [-0.2, 0) is 91.3 Å². The van der Waals surface area contributed by atoms with E-state index in [0.29, 0.717) is 53.0 Å². The van der Waals surface area contributed by atoms with Crippen LogP contribution in [0.1, 0.15) is 77.6 Å². The average Bonchev–Trinajstić information content (AvgIpc) is 3.96. The summed E-state index contributed by atoms with van der Waals surface area (Å²) in [5.74, 6) is -5.22. The van der Waals surface area contributed by atoms with Crippen molar-refractivity contribution in [2.45, 2.75) is 89.5 Å². The number of nitrogens with one attached hydrogen (secondary N) is 5. The van der Waals surface area contributed by atoms with Crippen LogP contribution >= 0.6 is 0 Å². The fourth-order valence-electron chi connectivity index (χ4n) is 10.3. The van der Waals surface area contributed by atoms with E-state index in [0.717, 1.165) is 32.5 Å². The highest BCUT2D eigenvalue weighted by Gasteiger charge is 2.47. The Balaban J connectivity index is 0.777. The number of anilines is 1. The summed E-state index contributed by atoms with van der Waals surface area (Å²) in [7, 11) is 0. The van der Waals surface area contributed by atoms with Crippen molar-refractivity contribution in [3.63, 3.8) is 0 Å². The van der Waals surface area contributed by atoms with Crippen molar-refractivity contribution in [1.29, 1.82) is 0 Å². The fourth-order valence-corrected chi connectivity index (χ4v) is 10.3. The Kier molecular flexibility index (Phi) is 14.8. The molecule has 0 bridgehead atoms. The molecule has 0 fully saturated rings. The fraction of sp³-hybridized carbons (Fsp3) is 0.345. The Morgan fingerprint density at radius 2 is 1.53 bits per heavy atom. The SMILES string of the molecule is CC[C@@]1(O)C(=O)OCc2c1cc1n(c2=O)Cc2c-1nc1cc(F)c(C)c3c1c2C(C)(COCNC(=O)CNC(=O)[C@H](Cc1ccccc1)NC(=O)CNC(=O)CNC(=O)CCc1ccc(N2C(=O)C=CC2=O)cc1)CC3. The standard InChI is InChI=1S/C55H55FN8O12/c1-4-55(74)37-21-41-50-35(26-63(41)52(72)36(37)27-76-53(55)73)49-48-34(30(2)38(56)22-39(48)62-50)18-19-54(49,3)28-75-29-60-44(67)24-59-51(71)40(20-32-8-6-5-7-9-32)61-45(68)25-58-43(66)23-57-42(65)15-12-31-10-13-33(14-11-31)64-46(69)16-17-47(64)70/h5-11,13-14,16-17,21-22,40,74H,4,12,15,18-20,23-29H2,1-3H3,(H,57,65)(H,58,66)(H,59,71)(H,60,67)(H,61,68)/t40-,54?,55-/m0/s1. The van der Waals surface area contributed by atoms with Gasteiger partial charge in [-0.3, -0.25) is 38.4 Å². The van der Waals surface area contributed by atoms with E-state index in [1.807, 2.05) is 6.92 Å². The van der Waals surface area contributed by atoms with Gasteiger partial charge in [-0.05, 0) is 78.6 Å². The van der Waals surface area contributed by atoms with Gasteiger partial charge in [0.1, 0.15) is 25.2 Å². The molecule has 2 aromatic heterocycles. The molecule has 0 saturated carbocycles. The molecule has 0 spiro atoms. The van der Waals surface area contributed by atoms with E-state index < -0.39 is 95.4 Å². The van der Waals surface area contributed by atoms with Crippen LogP contribution in [0.3, 0.4) is 0 Å². The number of esters is 1. The number of imide groups is 1. The van der Waals surface area contributed by atoms with Gasteiger partial charge < -0.3 is 45.7 Å². The molecule has 3 atom stereocenters. The Bertz CT molecular complexity index is 3320. The molecule has 76 heavy (non-hydrogen) atoms. The van der Waals surface area contributed by atoms with Crippen LogP contribution in [0, 0.1) is 12.7 Å². The third-order valence-corrected chi connectivity index (χ3v) is 14.5. The largest absolute Gasteiger partial charge is 0.458 e. The summed E-state index contributed by atoms with van der Waals surface area (Å²) in [4.78, 5) is 122. The Morgan fingerprint density at radius 3 is 2.25 bits per heavy atom. The van der Waals surface area contributed by atoms with Crippen molar-refractivity contribution in [2.75, 3.05) is 37.9 Å². The smallest absolute Gasteiger partial charge is 0.343 e. The van der Waals surface area contributed by atoms with E-state index >= 15 is 4.39 Å². The Morgan fingerprint density at radius 1 is 0.842 bits per heavy atom. The van der Waals surface area contributed by atoms with Gasteiger partial charge in [0.2, 0.25) is 29.5 Å². The molecule has 1 unspecified atom stereocenters. The molecule has 7 amide bonds. The van der Waals surface area contributed by atoms with Crippen LogP contribution in [0.2, 0.25) is 0 Å². The third kappa shape index (κ3) is 10.3. The summed E-state index contributed by atoms with van der Waals surface area (Å²) in [6.07, 6.45) is 3.75. The minimum absolute atomic E-state index is 0.0303. The van der Waals surface area contributed by atoms with Crippen LogP contribution in [0.25, 0.3) is 22.3 Å². The zero-order valence-electron chi connectivity index (χ0n) is 41.9. The number of aryl methyl sites for hydroxylation is 2. The van der Waals surface area contributed by atoms with Gasteiger partial charge in [0, 0.05) is 53.0 Å². The van der Waals surface area contributed by atoms with Crippen molar-refractivity contribution in [3.8, 4) is 11.4 Å². The minimum Gasteiger partial charge on any atom is -0.458 e. The second-order valence-electron chi connectivity index (χ2n) is 19.5. The average molecular weight is 1040 g/mol. The first-order chi connectivity index (χ1) is 36.4. The highest BCUT2D eigenvalue weighted by Crippen LogP contribution is 2.49. The van der Waals surface area contributed by atoms with Crippen molar-refractivity contribution in [1.82, 2.24) is 36.1 Å². The van der Waals surface area contributed by atoms with Gasteiger partial charge in [-0.25, -0.2) is 19.1 Å². The van der Waals surface area contributed by atoms with Crippen LogP contribution < -0.4 is 37.0 Å². The predicted octanol–water partition coefficient (Wildman–Crippen LogP) is 1.96. The van der Waals surface area contributed by atoms with E-state index in [2.05, 4.69) is 26.6 Å². The van der Waals surface area contributed by atoms with Gasteiger partial charge in [-0.2, -0.15) is 0 Å². The molecule has 21 heteroatoms. The van der Waals surface area contributed by atoms with E-state index in [1.54, 1.807) is 74.5 Å². The van der Waals surface area contributed by atoms with Gasteiger partial charge in [0.25, 0.3) is 17.4 Å². The number of carbonyl (C=O) groups is 8. The quantitative estimate of drug-likeness (QED) is 0.0294. The number of halogens is 1. The number of hydrogen-bond donors (Lipinski definition) is 6. The van der Waals surface area contributed by atoms with E-state index in [9.17, 15) is 48.3 Å². The van der Waals surface area contributed by atoms with Crippen LogP contribution in [0.4, 0.5) is 10.1 Å². The number of ether oxygens (including phenoxy) is 2. The van der Waals surface area contributed by atoms with Crippen molar-refractivity contribution < 1.29 is 57.3 Å². The summed E-state index contributed by atoms with van der Waals surface area (Å²) in [5, 5.41) is 24.9. The Labute approximate surface area is 434 Å². The molecule has 9 rings (SSSR count). The molecule has 1 aliphatic carbocycles. The molecular weight excluding hydrogens is 984 g/mol. The number of nitrogens with zero attached hydrogens (tertiary/aromatic N) is 3. The molecule has 6 N–H and O–H groups in total. The van der Waals surface area contributed by atoms with Gasteiger partial charge in [-0.15, -0.1) is 0 Å². The number of benzene rings is 3. The lowest BCUT2D eigenvalue weighted by molar-refractivity contribution is -0.172. The number of aliphatic hydroxyl groups is 1. The van der Waals surface area contributed by atoms with Crippen molar-refractivity contribution in [2.24, 2.45) is 0 Å². The molecule has 0 saturated heterocycles. The lowest BCUT2D eigenvalue weighted by Crippen LogP contribution is -2.52. The second-order valence-corrected chi connectivity index (χ2v) is 19.5. The number of amides is 7. The van der Waals surface area contributed by atoms with E-state index in [4.69, 9.17) is 14.5 Å². The number of fused-ring (bicyclic) bond motifs is 5. The van der Waals surface area contributed by atoms with Crippen molar-refractivity contribution in [3.05, 3.63) is 140 Å². The normalized spacial score (nSPS) is 18.3. The summed E-state index contributed by atoms with van der Waals surface area (Å²) in [5.41, 5.74) is 3.00. The zero-order chi connectivity index (χ0) is 54.1. The van der Waals surface area contributed by atoms with Crippen molar-refractivity contribution >= 4 is 63.9 Å². The highest BCUT2D eigenvalue weighted by atomic mass is 19.1. The van der Waals surface area contributed by atoms with Crippen LogP contribution in [0.15, 0.2) is 83.7 Å². The summed E-state index contributed by atoms with van der Waals surface area (Å²) in [6, 6.07) is 17.3. The van der Waals surface area contributed by atoms with Gasteiger partial charge in [0.05, 0.1) is 60.9 Å². The number of aromatic nitrogens is 2. The number of hydrogen-bond acceptors (Lipinski definition) is 13. The molecule has 394 valence electrons. The molecule has 0 radical (unpaired) electrons. The lowest BCUT2D eigenvalue weighted by atomic mass is 9.69. The van der Waals surface area contributed by atoms with E-state index in [1.165, 1.54) is 22.8 Å². The predicted molar refractivity (Wildman–Crippen MR) is 271 cm³/mol. The molecular formula is C55H55FN8O12. The number of rotatable bonds is 19. The number of carbonyl (C=O) groups excluding carboxylic acids is 8. The third-order valence-electron chi connectivity index (χ3n) is 14.5. The maximum atomic E-state index is 15.5. The van der Waals surface area contributed by atoms with Crippen LogP contribution in [-0.4, -0.2) is 101 Å². The molecule has 5 aromatic rings. The summed E-state index contributed by atoms with van der Waals surface area (Å²) in [6.45, 7) is 3.57. The number of pyridine rings is 2. The van der Waals surface area contributed by atoms with Gasteiger partial charge in [0.15, 0.2) is 5.60 Å². The first-order valence-electron chi connectivity index (χ1n) is 24.8. The molecule has 20 nitrogen and oxygen atoms in total. The lowest BCUT2D eigenvalue weighted by Gasteiger charge is -2.37. The summed E-state index contributed by atoms with van der Waals surface area (Å²) < 4.78 is 28.4. The zero-order valence-corrected chi connectivity index (χ0v) is 41.9. The second kappa shape index (κ2) is 21.4. The molecule has 4 aliphatic rings. The highest BCUT2D eigenvalue weighted by molar-refractivity contribution is 6.28. The minimum atomic E-state index is -2.03. The van der Waals surface area contributed by atoms with Gasteiger partial charge >= 0.3 is 5.97 Å². The topological polar surface area (TPSA) is 274 Å². The summed E-state index contributed by atoms with van der Waals surface area (Å²) >= 11 is 0. The molecule has 5 heterocycles. The molecule has 3 aliphatic heterocycles. The first-order valence-corrected chi connectivity index (χ1v) is 24.8. The maximum Gasteiger partial charge on any atom is 0.343 e. The number of cyclic esters (lactones) is 1.